The maximum Gasteiger partial charge on any atom is 0.251 e. The largest absolute Gasteiger partial charge is 0.352 e. The van der Waals surface area contributed by atoms with Gasteiger partial charge in [0.2, 0.25) is 11.7 Å². The first-order valence-electron chi connectivity index (χ1n) is 10.9. The molecule has 0 bridgehead atoms. The summed E-state index contributed by atoms with van der Waals surface area (Å²) < 4.78 is 26.9. The minimum absolute atomic E-state index is 0.0685. The fourth-order valence-corrected chi connectivity index (χ4v) is 4.12. The van der Waals surface area contributed by atoms with Crippen LogP contribution in [0.3, 0.4) is 0 Å². The maximum absolute atomic E-state index is 13.8. The van der Waals surface area contributed by atoms with Crippen molar-refractivity contribution in [2.24, 2.45) is 0 Å². The van der Waals surface area contributed by atoms with Crippen molar-refractivity contribution >= 4 is 29.1 Å². The third kappa shape index (κ3) is 5.39. The summed E-state index contributed by atoms with van der Waals surface area (Å²) in [6.07, 6.45) is 3.88. The number of nitrogens with one attached hydrogen (secondary N) is 1. The molecule has 1 atom stereocenters. The highest BCUT2D eigenvalue weighted by atomic mass is 35.5. The van der Waals surface area contributed by atoms with Crippen molar-refractivity contribution in [2.45, 2.75) is 51.2 Å². The zero-order valence-corrected chi connectivity index (χ0v) is 19.2. The van der Waals surface area contributed by atoms with Crippen LogP contribution in [0, 0.1) is 11.6 Å². The Morgan fingerprint density at radius 3 is 2.56 bits per heavy atom. The summed E-state index contributed by atoms with van der Waals surface area (Å²) in [5.41, 5.74) is 0.802. The van der Waals surface area contributed by atoms with Crippen molar-refractivity contribution < 1.29 is 18.4 Å². The number of benzene rings is 2. The Kier molecular flexibility index (Phi) is 7.16. The van der Waals surface area contributed by atoms with Crippen LogP contribution in [0.25, 0.3) is 11.4 Å². The summed E-state index contributed by atoms with van der Waals surface area (Å²) in [5.74, 6) is -1.65. The summed E-state index contributed by atoms with van der Waals surface area (Å²) in [6, 6.07) is 8.54. The number of carbonyl (C=O) groups is 2. The molecule has 1 saturated carbocycles. The summed E-state index contributed by atoms with van der Waals surface area (Å²) in [6.45, 7) is 1.27. The number of nitrogens with zero attached hydrogens (tertiary/aromatic N) is 5. The average molecular weight is 489 g/mol. The predicted molar refractivity (Wildman–Crippen MR) is 122 cm³/mol. The van der Waals surface area contributed by atoms with Crippen LogP contribution in [0.4, 0.5) is 14.5 Å². The standard InChI is InChI=1S/C23H23ClF2N6O2/c1-14(23(34)27-17-4-2-3-5-17)32(18-10-11-20(26)19(24)12-18)21(33)13-31-29-22(28-30-31)15-6-8-16(25)9-7-15/h6-12,14,17H,2-5,13H2,1H3,(H,27,34)/t14-/m0/s1. The molecule has 34 heavy (non-hydrogen) atoms. The molecular formula is C23H23ClF2N6O2. The van der Waals surface area contributed by atoms with Crippen LogP contribution in [0.5, 0.6) is 0 Å². The molecule has 1 N–H and O–H groups in total. The fourth-order valence-electron chi connectivity index (χ4n) is 3.95. The van der Waals surface area contributed by atoms with Crippen molar-refractivity contribution in [1.29, 1.82) is 0 Å². The lowest BCUT2D eigenvalue weighted by Crippen LogP contribution is -2.51. The van der Waals surface area contributed by atoms with Gasteiger partial charge in [-0.15, -0.1) is 10.2 Å². The fraction of sp³-hybridized carbons (Fsp3) is 0.348. The Balaban J connectivity index is 1.56. The first-order valence-corrected chi connectivity index (χ1v) is 11.3. The number of rotatable bonds is 7. The first-order chi connectivity index (χ1) is 16.3. The van der Waals surface area contributed by atoms with E-state index < -0.39 is 23.6 Å². The van der Waals surface area contributed by atoms with Gasteiger partial charge in [-0.3, -0.25) is 14.5 Å². The molecule has 8 nitrogen and oxygen atoms in total. The van der Waals surface area contributed by atoms with Crippen LogP contribution in [-0.2, 0) is 16.1 Å². The molecule has 1 aliphatic carbocycles. The van der Waals surface area contributed by atoms with Crippen LogP contribution in [0.1, 0.15) is 32.6 Å². The smallest absolute Gasteiger partial charge is 0.251 e. The van der Waals surface area contributed by atoms with E-state index in [-0.39, 0.29) is 35.0 Å². The topological polar surface area (TPSA) is 93.0 Å². The van der Waals surface area contributed by atoms with E-state index in [2.05, 4.69) is 20.7 Å². The Morgan fingerprint density at radius 2 is 1.88 bits per heavy atom. The van der Waals surface area contributed by atoms with Gasteiger partial charge in [0.05, 0.1) is 5.02 Å². The zero-order chi connectivity index (χ0) is 24.2. The van der Waals surface area contributed by atoms with Crippen molar-refractivity contribution in [2.75, 3.05) is 4.90 Å². The molecule has 1 fully saturated rings. The molecule has 1 aromatic heterocycles. The van der Waals surface area contributed by atoms with E-state index in [4.69, 9.17) is 11.6 Å². The molecule has 1 heterocycles. The zero-order valence-electron chi connectivity index (χ0n) is 18.4. The molecule has 1 aliphatic rings. The lowest BCUT2D eigenvalue weighted by atomic mass is 10.1. The molecule has 0 saturated heterocycles. The number of carbonyl (C=O) groups excluding carboxylic acids is 2. The number of hydrogen-bond acceptors (Lipinski definition) is 5. The van der Waals surface area contributed by atoms with E-state index in [9.17, 15) is 18.4 Å². The number of tetrazole rings is 1. The maximum atomic E-state index is 13.8. The molecule has 0 radical (unpaired) electrons. The molecular weight excluding hydrogens is 466 g/mol. The van der Waals surface area contributed by atoms with E-state index in [1.807, 2.05) is 0 Å². The van der Waals surface area contributed by atoms with Gasteiger partial charge in [0.15, 0.2) is 0 Å². The summed E-state index contributed by atoms with van der Waals surface area (Å²) >= 11 is 5.95. The predicted octanol–water partition coefficient (Wildman–Crippen LogP) is 3.75. The van der Waals surface area contributed by atoms with Crippen LogP contribution < -0.4 is 10.2 Å². The van der Waals surface area contributed by atoms with Gasteiger partial charge in [0.25, 0.3) is 5.91 Å². The number of aromatic nitrogens is 4. The number of anilines is 1. The van der Waals surface area contributed by atoms with Gasteiger partial charge in [-0.1, -0.05) is 24.4 Å². The molecule has 0 aliphatic heterocycles. The van der Waals surface area contributed by atoms with Gasteiger partial charge in [0.1, 0.15) is 24.2 Å². The first kappa shape index (κ1) is 23.7. The van der Waals surface area contributed by atoms with Gasteiger partial charge in [-0.25, -0.2) is 8.78 Å². The molecule has 178 valence electrons. The SMILES string of the molecule is C[C@@H](C(=O)NC1CCCC1)N(C(=O)Cn1nnc(-c2ccc(F)cc2)n1)c1ccc(F)c(Cl)c1. The second kappa shape index (κ2) is 10.3. The second-order valence-electron chi connectivity index (χ2n) is 8.18. The minimum atomic E-state index is -0.894. The summed E-state index contributed by atoms with van der Waals surface area (Å²) in [7, 11) is 0. The Hall–Kier alpha value is -3.40. The Labute approximate surface area is 199 Å². The summed E-state index contributed by atoms with van der Waals surface area (Å²) in [5, 5.41) is 14.8. The summed E-state index contributed by atoms with van der Waals surface area (Å²) in [4.78, 5) is 28.6. The Morgan fingerprint density at radius 1 is 1.18 bits per heavy atom. The highest BCUT2D eigenvalue weighted by molar-refractivity contribution is 6.31. The van der Waals surface area contributed by atoms with Crippen molar-refractivity contribution in [3.8, 4) is 11.4 Å². The molecule has 4 rings (SSSR count). The van der Waals surface area contributed by atoms with Gasteiger partial charge >= 0.3 is 0 Å². The lowest BCUT2D eigenvalue weighted by Gasteiger charge is -2.29. The Bertz CT molecular complexity index is 1180. The minimum Gasteiger partial charge on any atom is -0.352 e. The van der Waals surface area contributed by atoms with Crippen LogP contribution >= 0.6 is 11.6 Å². The number of halogens is 3. The van der Waals surface area contributed by atoms with Gasteiger partial charge in [-0.2, -0.15) is 4.80 Å². The van der Waals surface area contributed by atoms with Crippen LogP contribution in [0.15, 0.2) is 42.5 Å². The van der Waals surface area contributed by atoms with E-state index in [1.165, 1.54) is 41.3 Å². The van der Waals surface area contributed by atoms with Crippen molar-refractivity contribution in [3.05, 3.63) is 59.1 Å². The van der Waals surface area contributed by atoms with Crippen LogP contribution in [-0.4, -0.2) is 44.1 Å². The normalized spacial score (nSPS) is 14.7. The van der Waals surface area contributed by atoms with E-state index in [0.717, 1.165) is 36.5 Å². The number of hydrogen-bond donors (Lipinski definition) is 1. The van der Waals surface area contributed by atoms with Crippen molar-refractivity contribution in [1.82, 2.24) is 25.5 Å². The molecule has 2 amide bonds. The quantitative estimate of drug-likeness (QED) is 0.546. The third-order valence-corrected chi connectivity index (χ3v) is 6.04. The number of amides is 2. The van der Waals surface area contributed by atoms with E-state index >= 15 is 0 Å². The molecule has 0 unspecified atom stereocenters. The van der Waals surface area contributed by atoms with Gasteiger partial charge < -0.3 is 5.32 Å². The third-order valence-electron chi connectivity index (χ3n) is 5.75. The van der Waals surface area contributed by atoms with E-state index in [0.29, 0.717) is 5.56 Å². The molecule has 3 aromatic rings. The monoisotopic (exact) mass is 488 g/mol. The van der Waals surface area contributed by atoms with Crippen molar-refractivity contribution in [3.63, 3.8) is 0 Å². The second-order valence-corrected chi connectivity index (χ2v) is 8.59. The van der Waals surface area contributed by atoms with E-state index in [1.54, 1.807) is 6.92 Å². The lowest BCUT2D eigenvalue weighted by molar-refractivity contribution is -0.127. The molecule has 0 spiro atoms. The van der Waals surface area contributed by atoms with Gasteiger partial charge in [-0.05, 0) is 67.4 Å². The van der Waals surface area contributed by atoms with Crippen LogP contribution in [0.2, 0.25) is 5.02 Å². The van der Waals surface area contributed by atoms with Gasteiger partial charge in [0, 0.05) is 17.3 Å². The molecule has 2 aromatic carbocycles. The highest BCUT2D eigenvalue weighted by Gasteiger charge is 2.30. The average Bonchev–Trinajstić information content (AvgIpc) is 3.49. The molecule has 11 heteroatoms. The highest BCUT2D eigenvalue weighted by Crippen LogP contribution is 2.25.